The number of fused-ring (bicyclic) bond motifs is 1. The monoisotopic (exact) mass is 265 g/mol. The number of hydrogen-bond acceptors (Lipinski definition) is 4. The van der Waals surface area contributed by atoms with Gasteiger partial charge in [-0.3, -0.25) is 9.59 Å². The van der Waals surface area contributed by atoms with Crippen LogP contribution >= 0.6 is 0 Å². The minimum absolute atomic E-state index is 0.127. The van der Waals surface area contributed by atoms with E-state index in [1.54, 1.807) is 11.8 Å². The van der Waals surface area contributed by atoms with Crippen molar-refractivity contribution in [3.63, 3.8) is 0 Å². The molecule has 0 saturated carbocycles. The minimum atomic E-state index is -0.940. The molecule has 1 aromatic rings. The van der Waals surface area contributed by atoms with Crippen LogP contribution in [0.4, 0.5) is 0 Å². The Bertz CT molecular complexity index is 541. The van der Waals surface area contributed by atoms with Gasteiger partial charge < -0.3 is 19.7 Å². The number of nitrogens with zero attached hydrogens (tertiary/aromatic N) is 2. The molecule has 2 aliphatic rings. The highest BCUT2D eigenvalue weighted by atomic mass is 16.5. The normalized spacial score (nSPS) is 29.5. The van der Waals surface area contributed by atoms with Crippen LogP contribution in [0, 0.1) is 18.3 Å². The molecule has 0 unspecified atom stereocenters. The average molecular weight is 265 g/mol. The molecule has 2 saturated heterocycles. The molecule has 0 aromatic carbocycles. The van der Waals surface area contributed by atoms with Gasteiger partial charge in [0, 0.05) is 19.0 Å². The molecule has 7 nitrogen and oxygen atoms in total. The third-order valence-corrected chi connectivity index (χ3v) is 4.02. The number of aromatic amines is 1. The van der Waals surface area contributed by atoms with Gasteiger partial charge >= 0.3 is 5.97 Å². The van der Waals surface area contributed by atoms with Gasteiger partial charge in [0.2, 0.25) is 0 Å². The minimum Gasteiger partial charge on any atom is -0.481 e. The van der Waals surface area contributed by atoms with Crippen molar-refractivity contribution in [3.05, 3.63) is 17.7 Å². The fourth-order valence-corrected chi connectivity index (χ4v) is 2.89. The number of imidazole rings is 1. The van der Waals surface area contributed by atoms with Crippen LogP contribution in [-0.2, 0) is 9.53 Å². The molecule has 3 heterocycles. The second kappa shape index (κ2) is 4.06. The molecule has 1 aromatic heterocycles. The number of H-pyrrole nitrogens is 1. The van der Waals surface area contributed by atoms with Crippen LogP contribution in [0.25, 0.3) is 0 Å². The lowest BCUT2D eigenvalue weighted by atomic mass is 9.81. The van der Waals surface area contributed by atoms with Gasteiger partial charge in [-0.1, -0.05) is 0 Å². The molecule has 1 amide bonds. The summed E-state index contributed by atoms with van der Waals surface area (Å²) in [7, 11) is 0. The first-order chi connectivity index (χ1) is 9.03. The van der Waals surface area contributed by atoms with Gasteiger partial charge in [0.15, 0.2) is 0 Å². The first-order valence-electron chi connectivity index (χ1n) is 6.15. The maximum Gasteiger partial charge on any atom is 0.314 e. The zero-order valence-electron chi connectivity index (χ0n) is 10.5. The van der Waals surface area contributed by atoms with Crippen molar-refractivity contribution in [3.8, 4) is 0 Å². The molecule has 2 aliphatic heterocycles. The zero-order valence-corrected chi connectivity index (χ0v) is 10.5. The van der Waals surface area contributed by atoms with Crippen molar-refractivity contribution >= 4 is 11.9 Å². The van der Waals surface area contributed by atoms with Crippen LogP contribution in [0.1, 0.15) is 16.3 Å². The van der Waals surface area contributed by atoms with E-state index in [1.165, 1.54) is 6.20 Å². The van der Waals surface area contributed by atoms with Crippen molar-refractivity contribution in [2.24, 2.45) is 11.3 Å². The average Bonchev–Trinajstić information content (AvgIpc) is 3.00. The van der Waals surface area contributed by atoms with E-state index in [0.717, 1.165) is 0 Å². The Morgan fingerprint density at radius 1 is 1.63 bits per heavy atom. The Kier molecular flexibility index (Phi) is 2.60. The summed E-state index contributed by atoms with van der Waals surface area (Å²) in [4.78, 5) is 32.2. The van der Waals surface area contributed by atoms with Crippen molar-refractivity contribution in [1.29, 1.82) is 0 Å². The van der Waals surface area contributed by atoms with E-state index in [2.05, 4.69) is 9.97 Å². The fraction of sp³-hybridized carbons (Fsp3) is 0.583. The molecule has 0 spiro atoms. The smallest absolute Gasteiger partial charge is 0.314 e. The van der Waals surface area contributed by atoms with E-state index in [4.69, 9.17) is 4.74 Å². The number of nitrogens with one attached hydrogen (secondary N) is 1. The van der Waals surface area contributed by atoms with E-state index in [-0.39, 0.29) is 25.0 Å². The largest absolute Gasteiger partial charge is 0.481 e. The summed E-state index contributed by atoms with van der Waals surface area (Å²) in [5.74, 6) is -0.543. The summed E-state index contributed by atoms with van der Waals surface area (Å²) in [6, 6.07) is 0. The number of amides is 1. The highest BCUT2D eigenvalue weighted by Gasteiger charge is 2.57. The highest BCUT2D eigenvalue weighted by molar-refractivity contribution is 5.93. The van der Waals surface area contributed by atoms with Gasteiger partial charge in [-0.2, -0.15) is 0 Å². The molecule has 0 radical (unpaired) electrons. The van der Waals surface area contributed by atoms with Gasteiger partial charge in [0.1, 0.15) is 16.9 Å². The number of carbonyl (C=O) groups excluding carboxylic acids is 1. The molecule has 102 valence electrons. The number of carboxylic acids is 1. The summed E-state index contributed by atoms with van der Waals surface area (Å²) in [6.45, 7) is 2.96. The van der Waals surface area contributed by atoms with Crippen molar-refractivity contribution in [2.75, 3.05) is 26.3 Å². The lowest BCUT2D eigenvalue weighted by Gasteiger charge is -2.21. The van der Waals surface area contributed by atoms with Crippen LogP contribution < -0.4 is 0 Å². The molecule has 3 rings (SSSR count). The molecule has 2 atom stereocenters. The third-order valence-electron chi connectivity index (χ3n) is 4.02. The van der Waals surface area contributed by atoms with Crippen molar-refractivity contribution in [1.82, 2.24) is 14.9 Å². The number of carboxylic acid groups (broad SMARTS) is 1. The Morgan fingerprint density at radius 2 is 2.42 bits per heavy atom. The molecule has 2 fully saturated rings. The third kappa shape index (κ3) is 1.73. The lowest BCUT2D eigenvalue weighted by molar-refractivity contribution is -0.149. The van der Waals surface area contributed by atoms with Crippen LogP contribution in [0.3, 0.4) is 0 Å². The van der Waals surface area contributed by atoms with Gasteiger partial charge in [-0.15, -0.1) is 0 Å². The fourth-order valence-electron chi connectivity index (χ4n) is 2.89. The van der Waals surface area contributed by atoms with Gasteiger partial charge in [-0.25, -0.2) is 4.98 Å². The summed E-state index contributed by atoms with van der Waals surface area (Å²) >= 11 is 0. The van der Waals surface area contributed by atoms with Crippen LogP contribution in [-0.4, -0.2) is 58.2 Å². The number of aryl methyl sites for hydroxylation is 1. The topological polar surface area (TPSA) is 95.5 Å². The highest BCUT2D eigenvalue weighted by Crippen LogP contribution is 2.41. The van der Waals surface area contributed by atoms with E-state index in [1.807, 2.05) is 0 Å². The standard InChI is InChI=1S/C12H15N3O4/c1-7-13-2-9(14-7)10(16)15-3-8-4-19-6-12(8,5-15)11(17)18/h2,8H,3-6H2,1H3,(H,13,14)(H,17,18)/t8-,12-/m1/s1. The molecular weight excluding hydrogens is 250 g/mol. The Balaban J connectivity index is 1.82. The molecular formula is C12H15N3O4. The van der Waals surface area contributed by atoms with Crippen LogP contribution in [0.15, 0.2) is 6.20 Å². The Hall–Kier alpha value is -1.89. The summed E-state index contributed by atoms with van der Waals surface area (Å²) < 4.78 is 5.28. The predicted molar refractivity (Wildman–Crippen MR) is 63.6 cm³/mol. The van der Waals surface area contributed by atoms with E-state index in [0.29, 0.717) is 24.7 Å². The molecule has 2 N–H and O–H groups in total. The number of carbonyl (C=O) groups is 2. The van der Waals surface area contributed by atoms with Crippen LogP contribution in [0.2, 0.25) is 0 Å². The number of aliphatic carboxylic acids is 1. The first-order valence-corrected chi connectivity index (χ1v) is 6.15. The van der Waals surface area contributed by atoms with E-state index in [9.17, 15) is 14.7 Å². The summed E-state index contributed by atoms with van der Waals surface area (Å²) in [5.41, 5.74) is -0.538. The number of ether oxygens (including phenoxy) is 1. The zero-order chi connectivity index (χ0) is 13.6. The van der Waals surface area contributed by atoms with Gasteiger partial charge in [0.25, 0.3) is 5.91 Å². The van der Waals surface area contributed by atoms with Gasteiger partial charge in [-0.05, 0) is 6.92 Å². The Labute approximate surface area is 109 Å². The van der Waals surface area contributed by atoms with Crippen molar-refractivity contribution in [2.45, 2.75) is 6.92 Å². The summed E-state index contributed by atoms with van der Waals surface area (Å²) in [5, 5.41) is 9.41. The molecule has 19 heavy (non-hydrogen) atoms. The van der Waals surface area contributed by atoms with Gasteiger partial charge in [0.05, 0.1) is 19.4 Å². The second-order valence-electron chi connectivity index (χ2n) is 5.24. The maximum atomic E-state index is 12.3. The Morgan fingerprint density at radius 3 is 3.00 bits per heavy atom. The first kappa shape index (κ1) is 12.2. The summed E-state index contributed by atoms with van der Waals surface area (Å²) in [6.07, 6.45) is 1.48. The van der Waals surface area contributed by atoms with E-state index < -0.39 is 11.4 Å². The predicted octanol–water partition coefficient (Wildman–Crippen LogP) is -0.109. The maximum absolute atomic E-state index is 12.3. The molecule has 0 aliphatic carbocycles. The quantitative estimate of drug-likeness (QED) is 0.778. The number of hydrogen-bond donors (Lipinski definition) is 2. The molecule has 7 heteroatoms. The second-order valence-corrected chi connectivity index (χ2v) is 5.24. The van der Waals surface area contributed by atoms with Crippen molar-refractivity contribution < 1.29 is 19.4 Å². The molecule has 0 bridgehead atoms. The number of likely N-dealkylation sites (tertiary alicyclic amines) is 1. The van der Waals surface area contributed by atoms with E-state index >= 15 is 0 Å². The lowest BCUT2D eigenvalue weighted by Crippen LogP contribution is -2.40. The number of rotatable bonds is 2. The van der Waals surface area contributed by atoms with Crippen LogP contribution in [0.5, 0.6) is 0 Å². The SMILES string of the molecule is Cc1ncc(C(=O)N2C[C@@H]3COC[C@]3(C(=O)O)C2)[nH]1. The number of aromatic nitrogens is 2.